The van der Waals surface area contributed by atoms with Gasteiger partial charge in [-0.25, -0.2) is 9.97 Å². The van der Waals surface area contributed by atoms with Gasteiger partial charge in [0.25, 0.3) is 0 Å². The zero-order valence-corrected chi connectivity index (χ0v) is 16.3. The van der Waals surface area contributed by atoms with Crippen LogP contribution in [0.3, 0.4) is 0 Å². The number of hydrogen-bond acceptors (Lipinski definition) is 6. The van der Waals surface area contributed by atoms with Crippen LogP contribution in [0, 0.1) is 5.92 Å². The van der Waals surface area contributed by atoms with Crippen LogP contribution >= 0.6 is 0 Å². The molecule has 0 N–H and O–H groups in total. The lowest BCUT2D eigenvalue weighted by atomic mass is 10.0. The monoisotopic (exact) mass is 367 g/mol. The van der Waals surface area contributed by atoms with Crippen molar-refractivity contribution >= 4 is 17.3 Å². The number of hydrogen-bond donors (Lipinski definition) is 0. The number of ether oxygens (including phenoxy) is 1. The number of nitrogens with zero attached hydrogens (tertiary/aromatic N) is 5. The molecule has 2 aliphatic heterocycles. The molecule has 27 heavy (non-hydrogen) atoms. The Kier molecular flexibility index (Phi) is 5.32. The highest BCUT2D eigenvalue weighted by Gasteiger charge is 2.21. The van der Waals surface area contributed by atoms with Crippen molar-refractivity contribution in [3.05, 3.63) is 36.7 Å². The van der Waals surface area contributed by atoms with Crippen molar-refractivity contribution in [2.24, 2.45) is 5.92 Å². The fraction of sp³-hybridized carbons (Fsp3) is 0.524. The maximum absolute atomic E-state index is 5.25. The van der Waals surface area contributed by atoms with Crippen LogP contribution in [-0.2, 0) is 0 Å². The molecule has 6 nitrogen and oxygen atoms in total. The third kappa shape index (κ3) is 4.10. The largest absolute Gasteiger partial charge is 0.497 e. The fourth-order valence-electron chi connectivity index (χ4n) is 4.07. The fourth-order valence-corrected chi connectivity index (χ4v) is 4.07. The second kappa shape index (κ2) is 8.03. The normalized spacial score (nSPS) is 20.7. The molecule has 2 saturated heterocycles. The third-order valence-corrected chi connectivity index (χ3v) is 5.66. The van der Waals surface area contributed by atoms with Gasteiger partial charge in [0.2, 0.25) is 0 Å². The number of piperidine rings is 1. The van der Waals surface area contributed by atoms with E-state index in [9.17, 15) is 0 Å². The molecule has 6 heteroatoms. The third-order valence-electron chi connectivity index (χ3n) is 5.66. The molecule has 0 amide bonds. The number of benzene rings is 1. The van der Waals surface area contributed by atoms with Crippen LogP contribution in [0.4, 0.5) is 17.3 Å². The number of rotatable bonds is 4. The Hall–Kier alpha value is -2.50. The second-order valence-corrected chi connectivity index (χ2v) is 7.60. The van der Waals surface area contributed by atoms with Gasteiger partial charge in [-0.15, -0.1) is 0 Å². The van der Waals surface area contributed by atoms with Gasteiger partial charge in [-0.2, -0.15) is 0 Å². The summed E-state index contributed by atoms with van der Waals surface area (Å²) in [4.78, 5) is 16.3. The molecule has 2 aliphatic rings. The maximum Gasteiger partial charge on any atom is 0.134 e. The van der Waals surface area contributed by atoms with E-state index in [0.717, 1.165) is 62.6 Å². The summed E-state index contributed by atoms with van der Waals surface area (Å²) >= 11 is 0. The van der Waals surface area contributed by atoms with Crippen molar-refractivity contribution in [1.82, 2.24) is 9.97 Å². The Morgan fingerprint density at radius 1 is 0.889 bits per heavy atom. The SMILES string of the molecule is COc1ccc(N2CCN(c3cc(N4CCCC(C)C4)ncn3)CC2)cc1. The van der Waals surface area contributed by atoms with Gasteiger partial charge in [-0.05, 0) is 43.0 Å². The molecule has 1 unspecified atom stereocenters. The van der Waals surface area contributed by atoms with E-state index in [0.29, 0.717) is 0 Å². The van der Waals surface area contributed by atoms with E-state index in [-0.39, 0.29) is 0 Å². The Morgan fingerprint density at radius 3 is 2.22 bits per heavy atom. The lowest BCUT2D eigenvalue weighted by Crippen LogP contribution is -2.47. The first-order chi connectivity index (χ1) is 13.2. The van der Waals surface area contributed by atoms with E-state index in [1.165, 1.54) is 18.5 Å². The van der Waals surface area contributed by atoms with Crippen LogP contribution in [0.1, 0.15) is 19.8 Å². The smallest absolute Gasteiger partial charge is 0.134 e. The summed E-state index contributed by atoms with van der Waals surface area (Å²) in [5.41, 5.74) is 1.25. The molecule has 4 rings (SSSR count). The molecular formula is C21H29N5O. The van der Waals surface area contributed by atoms with Gasteiger partial charge in [-0.3, -0.25) is 0 Å². The molecule has 0 bridgehead atoms. The van der Waals surface area contributed by atoms with Gasteiger partial charge in [-0.1, -0.05) is 6.92 Å². The van der Waals surface area contributed by atoms with Gasteiger partial charge in [0, 0.05) is 51.0 Å². The van der Waals surface area contributed by atoms with E-state index >= 15 is 0 Å². The summed E-state index contributed by atoms with van der Waals surface area (Å²) in [5, 5.41) is 0. The van der Waals surface area contributed by atoms with E-state index in [1.54, 1.807) is 13.4 Å². The van der Waals surface area contributed by atoms with Gasteiger partial charge in [0.05, 0.1) is 7.11 Å². The van der Waals surface area contributed by atoms with Crippen LogP contribution in [0.15, 0.2) is 36.7 Å². The Morgan fingerprint density at radius 2 is 1.56 bits per heavy atom. The van der Waals surface area contributed by atoms with Gasteiger partial charge < -0.3 is 19.4 Å². The van der Waals surface area contributed by atoms with Gasteiger partial charge in [0.15, 0.2) is 0 Å². The van der Waals surface area contributed by atoms with E-state index in [1.807, 2.05) is 12.1 Å². The molecule has 3 heterocycles. The maximum atomic E-state index is 5.25. The molecule has 0 saturated carbocycles. The number of piperazine rings is 1. The molecule has 1 aromatic heterocycles. The first-order valence-electron chi connectivity index (χ1n) is 9.94. The van der Waals surface area contributed by atoms with Crippen molar-refractivity contribution in [2.45, 2.75) is 19.8 Å². The summed E-state index contributed by atoms with van der Waals surface area (Å²) in [5.74, 6) is 3.76. The zero-order valence-electron chi connectivity index (χ0n) is 16.3. The standard InChI is InChI=1S/C21H29N5O/c1-17-4-3-9-26(15-17)21-14-20(22-16-23-21)25-12-10-24(11-13-25)18-5-7-19(27-2)8-6-18/h5-8,14,16-17H,3-4,9-13,15H2,1-2H3. The molecule has 0 radical (unpaired) electrons. The summed E-state index contributed by atoms with van der Waals surface area (Å²) in [6.07, 6.45) is 4.29. The number of methoxy groups -OCH3 is 1. The average Bonchev–Trinajstić information content (AvgIpc) is 2.74. The van der Waals surface area contributed by atoms with Crippen molar-refractivity contribution < 1.29 is 4.74 Å². The molecule has 1 atom stereocenters. The number of aromatic nitrogens is 2. The molecule has 0 aliphatic carbocycles. The molecule has 2 fully saturated rings. The first kappa shape index (κ1) is 17.9. The van der Waals surface area contributed by atoms with E-state index < -0.39 is 0 Å². The Balaban J connectivity index is 1.39. The lowest BCUT2D eigenvalue weighted by Gasteiger charge is -2.37. The molecule has 144 valence electrons. The Labute approximate surface area is 161 Å². The van der Waals surface area contributed by atoms with Crippen LogP contribution in [0.5, 0.6) is 5.75 Å². The summed E-state index contributed by atoms with van der Waals surface area (Å²) < 4.78 is 5.25. The lowest BCUT2D eigenvalue weighted by molar-refractivity contribution is 0.415. The van der Waals surface area contributed by atoms with Gasteiger partial charge >= 0.3 is 0 Å². The molecule has 0 spiro atoms. The minimum Gasteiger partial charge on any atom is -0.497 e. The van der Waals surface area contributed by atoms with E-state index in [4.69, 9.17) is 4.74 Å². The Bertz CT molecular complexity index is 742. The minimum atomic E-state index is 0.741. The first-order valence-corrected chi connectivity index (χ1v) is 9.94. The van der Waals surface area contributed by atoms with Crippen LogP contribution in [0.25, 0.3) is 0 Å². The van der Waals surface area contributed by atoms with Crippen molar-refractivity contribution in [3.63, 3.8) is 0 Å². The summed E-state index contributed by atoms with van der Waals surface area (Å²) in [6, 6.07) is 10.5. The molecule has 2 aromatic rings. The van der Waals surface area contributed by atoms with Crippen LogP contribution < -0.4 is 19.4 Å². The van der Waals surface area contributed by atoms with E-state index in [2.05, 4.69) is 49.8 Å². The summed E-state index contributed by atoms with van der Waals surface area (Å²) in [6.45, 7) is 8.46. The second-order valence-electron chi connectivity index (χ2n) is 7.60. The van der Waals surface area contributed by atoms with Gasteiger partial charge in [0.1, 0.15) is 23.7 Å². The van der Waals surface area contributed by atoms with Crippen LogP contribution in [0.2, 0.25) is 0 Å². The van der Waals surface area contributed by atoms with Crippen molar-refractivity contribution in [3.8, 4) is 5.75 Å². The number of anilines is 3. The predicted octanol–water partition coefficient (Wildman–Crippen LogP) is 3.05. The summed E-state index contributed by atoms with van der Waals surface area (Å²) in [7, 11) is 1.70. The van der Waals surface area contributed by atoms with Crippen molar-refractivity contribution in [1.29, 1.82) is 0 Å². The van der Waals surface area contributed by atoms with Crippen molar-refractivity contribution in [2.75, 3.05) is 61.1 Å². The highest BCUT2D eigenvalue weighted by molar-refractivity contribution is 5.54. The average molecular weight is 367 g/mol. The highest BCUT2D eigenvalue weighted by atomic mass is 16.5. The zero-order chi connectivity index (χ0) is 18.6. The molecular weight excluding hydrogens is 338 g/mol. The quantitative estimate of drug-likeness (QED) is 0.828. The molecule has 1 aromatic carbocycles. The highest BCUT2D eigenvalue weighted by Crippen LogP contribution is 2.25. The topological polar surface area (TPSA) is 44.7 Å². The predicted molar refractivity (Wildman–Crippen MR) is 110 cm³/mol. The minimum absolute atomic E-state index is 0.741. The van der Waals surface area contributed by atoms with Crippen LogP contribution in [-0.4, -0.2) is 56.3 Å².